The summed E-state index contributed by atoms with van der Waals surface area (Å²) >= 11 is 0. The van der Waals surface area contributed by atoms with Crippen LogP contribution in [0, 0.1) is 0 Å². The van der Waals surface area contributed by atoms with Gasteiger partial charge in [-0.1, -0.05) is 32.0 Å². The highest BCUT2D eigenvalue weighted by molar-refractivity contribution is 6.06. The lowest BCUT2D eigenvalue weighted by Gasteiger charge is -2.24. The number of rotatable bonds is 3. The Balaban J connectivity index is 1.95. The number of amides is 1. The van der Waals surface area contributed by atoms with Crippen LogP contribution in [0.25, 0.3) is 10.9 Å². The minimum atomic E-state index is 0.00852. The van der Waals surface area contributed by atoms with Gasteiger partial charge in [0.2, 0.25) is 0 Å². The zero-order valence-electron chi connectivity index (χ0n) is 13.2. The van der Waals surface area contributed by atoms with Crippen LogP contribution in [0.15, 0.2) is 30.3 Å². The Hall–Kier alpha value is -1.94. The van der Waals surface area contributed by atoms with Crippen molar-refractivity contribution in [3.63, 3.8) is 0 Å². The summed E-state index contributed by atoms with van der Waals surface area (Å²) in [6.07, 6.45) is 2.15. The zero-order chi connectivity index (χ0) is 15.5. The molecule has 1 aromatic carbocycles. The van der Waals surface area contributed by atoms with Gasteiger partial charge in [0.15, 0.2) is 0 Å². The highest BCUT2D eigenvalue weighted by Gasteiger charge is 2.19. The fourth-order valence-electron chi connectivity index (χ4n) is 2.92. The molecule has 4 nitrogen and oxygen atoms in total. The third kappa shape index (κ3) is 3.12. The third-order valence-corrected chi connectivity index (χ3v) is 4.20. The number of nitrogens with zero attached hydrogens (tertiary/aromatic N) is 1. The van der Waals surface area contributed by atoms with E-state index in [1.54, 1.807) is 0 Å². The number of nitrogens with one attached hydrogen (secondary N) is 2. The van der Waals surface area contributed by atoms with Crippen LogP contribution in [0.3, 0.4) is 0 Å². The maximum atomic E-state index is 12.7. The van der Waals surface area contributed by atoms with E-state index in [0.717, 1.165) is 48.1 Å². The number of piperidine rings is 1. The van der Waals surface area contributed by atoms with Crippen LogP contribution in [0.1, 0.15) is 48.7 Å². The molecule has 0 radical (unpaired) electrons. The Morgan fingerprint density at radius 3 is 2.91 bits per heavy atom. The zero-order valence-corrected chi connectivity index (χ0v) is 13.2. The van der Waals surface area contributed by atoms with E-state index in [1.807, 2.05) is 30.3 Å². The summed E-state index contributed by atoms with van der Waals surface area (Å²) in [5.74, 6) is 0.307. The summed E-state index contributed by atoms with van der Waals surface area (Å²) in [5, 5.41) is 7.42. The van der Waals surface area contributed by atoms with E-state index in [0.29, 0.717) is 5.92 Å². The maximum absolute atomic E-state index is 12.7. The largest absolute Gasteiger partial charge is 0.348 e. The summed E-state index contributed by atoms with van der Waals surface area (Å²) in [6.45, 7) is 6.10. The van der Waals surface area contributed by atoms with E-state index in [2.05, 4.69) is 29.5 Å². The second-order valence-electron chi connectivity index (χ2n) is 6.28. The van der Waals surface area contributed by atoms with E-state index in [4.69, 9.17) is 0 Å². The van der Waals surface area contributed by atoms with Gasteiger partial charge in [-0.3, -0.25) is 9.78 Å². The summed E-state index contributed by atoms with van der Waals surface area (Å²) in [5.41, 5.74) is 2.59. The molecular weight excluding hydrogens is 274 g/mol. The topological polar surface area (TPSA) is 54.0 Å². The highest BCUT2D eigenvalue weighted by atomic mass is 16.1. The normalized spacial score (nSPS) is 18.6. The van der Waals surface area contributed by atoms with Gasteiger partial charge >= 0.3 is 0 Å². The number of carbonyl (C=O) groups is 1. The van der Waals surface area contributed by atoms with E-state index in [1.165, 1.54) is 0 Å². The van der Waals surface area contributed by atoms with E-state index in [9.17, 15) is 4.79 Å². The van der Waals surface area contributed by atoms with Gasteiger partial charge in [-0.2, -0.15) is 0 Å². The van der Waals surface area contributed by atoms with Crippen molar-refractivity contribution >= 4 is 16.8 Å². The number of hydrogen-bond donors (Lipinski definition) is 2. The molecule has 2 aromatic rings. The van der Waals surface area contributed by atoms with Crippen molar-refractivity contribution in [2.24, 2.45) is 0 Å². The fourth-order valence-corrected chi connectivity index (χ4v) is 2.92. The molecule has 3 rings (SSSR count). The molecule has 2 heterocycles. The molecule has 2 N–H and O–H groups in total. The quantitative estimate of drug-likeness (QED) is 0.916. The molecule has 1 unspecified atom stereocenters. The average Bonchev–Trinajstić information content (AvgIpc) is 2.54. The Kier molecular flexibility index (Phi) is 4.39. The molecule has 116 valence electrons. The van der Waals surface area contributed by atoms with Crippen LogP contribution in [-0.4, -0.2) is 30.0 Å². The van der Waals surface area contributed by atoms with Crippen molar-refractivity contribution in [1.29, 1.82) is 0 Å². The molecule has 0 spiro atoms. The minimum Gasteiger partial charge on any atom is -0.348 e. The van der Waals surface area contributed by atoms with Crippen molar-refractivity contribution in [1.82, 2.24) is 15.6 Å². The molecule has 1 aromatic heterocycles. The van der Waals surface area contributed by atoms with Gasteiger partial charge in [0.05, 0.1) is 11.1 Å². The van der Waals surface area contributed by atoms with E-state index < -0.39 is 0 Å². The number of fused-ring (bicyclic) bond motifs is 1. The first-order chi connectivity index (χ1) is 10.6. The number of hydrogen-bond acceptors (Lipinski definition) is 3. The Morgan fingerprint density at radius 1 is 1.36 bits per heavy atom. The van der Waals surface area contributed by atoms with E-state index >= 15 is 0 Å². The first-order valence-electron chi connectivity index (χ1n) is 8.06. The Labute approximate surface area is 131 Å². The van der Waals surface area contributed by atoms with Gasteiger partial charge in [0.1, 0.15) is 0 Å². The van der Waals surface area contributed by atoms with Crippen molar-refractivity contribution in [2.45, 2.75) is 38.6 Å². The van der Waals surface area contributed by atoms with Crippen LogP contribution < -0.4 is 10.6 Å². The Morgan fingerprint density at radius 2 is 2.18 bits per heavy atom. The number of para-hydroxylation sites is 1. The van der Waals surface area contributed by atoms with Gasteiger partial charge in [-0.25, -0.2) is 0 Å². The number of aromatic nitrogens is 1. The van der Waals surface area contributed by atoms with Crippen LogP contribution in [0.2, 0.25) is 0 Å². The molecular formula is C18H23N3O. The molecule has 1 amide bonds. The second kappa shape index (κ2) is 6.44. The molecule has 0 bridgehead atoms. The standard InChI is InChI=1S/C18H23N3O/c1-12(2)17-10-15(14-7-3-4-8-16(14)21-17)18(22)20-13-6-5-9-19-11-13/h3-4,7-8,10,12-13,19H,5-6,9,11H2,1-2H3,(H,20,22). The lowest BCUT2D eigenvalue weighted by atomic mass is 10.0. The molecule has 0 saturated carbocycles. The van der Waals surface area contributed by atoms with Gasteiger partial charge in [0, 0.05) is 23.7 Å². The van der Waals surface area contributed by atoms with Gasteiger partial charge < -0.3 is 10.6 Å². The monoisotopic (exact) mass is 297 g/mol. The minimum absolute atomic E-state index is 0.00852. The predicted molar refractivity (Wildman–Crippen MR) is 89.2 cm³/mol. The first kappa shape index (κ1) is 15.0. The highest BCUT2D eigenvalue weighted by Crippen LogP contribution is 2.22. The first-order valence-corrected chi connectivity index (χ1v) is 8.06. The van der Waals surface area contributed by atoms with E-state index in [-0.39, 0.29) is 11.9 Å². The fraction of sp³-hybridized carbons (Fsp3) is 0.444. The molecule has 4 heteroatoms. The molecule has 0 aliphatic carbocycles. The third-order valence-electron chi connectivity index (χ3n) is 4.20. The number of benzene rings is 1. The molecule has 1 aliphatic heterocycles. The van der Waals surface area contributed by atoms with Crippen LogP contribution in [0.4, 0.5) is 0 Å². The lowest BCUT2D eigenvalue weighted by molar-refractivity contribution is 0.0932. The lowest BCUT2D eigenvalue weighted by Crippen LogP contribution is -2.45. The number of pyridine rings is 1. The van der Waals surface area contributed by atoms with Crippen LogP contribution in [-0.2, 0) is 0 Å². The van der Waals surface area contributed by atoms with Crippen LogP contribution >= 0.6 is 0 Å². The van der Waals surface area contributed by atoms with Crippen molar-refractivity contribution in [2.75, 3.05) is 13.1 Å². The van der Waals surface area contributed by atoms with Crippen molar-refractivity contribution < 1.29 is 4.79 Å². The SMILES string of the molecule is CC(C)c1cc(C(=O)NC2CCCNC2)c2ccccc2n1. The maximum Gasteiger partial charge on any atom is 0.252 e. The van der Waals surface area contributed by atoms with Crippen LogP contribution in [0.5, 0.6) is 0 Å². The number of carbonyl (C=O) groups excluding carboxylic acids is 1. The smallest absolute Gasteiger partial charge is 0.252 e. The second-order valence-corrected chi connectivity index (χ2v) is 6.28. The Bertz CT molecular complexity index is 675. The molecule has 22 heavy (non-hydrogen) atoms. The average molecular weight is 297 g/mol. The van der Waals surface area contributed by atoms with Gasteiger partial charge in [0.25, 0.3) is 5.91 Å². The summed E-state index contributed by atoms with van der Waals surface area (Å²) in [6, 6.07) is 10.0. The van der Waals surface area contributed by atoms with Crippen molar-refractivity contribution in [3.8, 4) is 0 Å². The predicted octanol–water partition coefficient (Wildman–Crippen LogP) is 2.84. The molecule has 1 fully saturated rings. The van der Waals surface area contributed by atoms with Gasteiger partial charge in [-0.05, 0) is 37.4 Å². The molecule has 1 atom stereocenters. The van der Waals surface area contributed by atoms with Crippen molar-refractivity contribution in [3.05, 3.63) is 41.6 Å². The van der Waals surface area contributed by atoms with Gasteiger partial charge in [-0.15, -0.1) is 0 Å². The summed E-state index contributed by atoms with van der Waals surface area (Å²) in [4.78, 5) is 17.4. The molecule has 1 aliphatic rings. The summed E-state index contributed by atoms with van der Waals surface area (Å²) < 4.78 is 0. The summed E-state index contributed by atoms with van der Waals surface area (Å²) in [7, 11) is 0. The molecule has 1 saturated heterocycles.